The lowest BCUT2D eigenvalue weighted by Gasteiger charge is -2.13. The van der Waals surface area contributed by atoms with Crippen LogP contribution < -0.4 is 5.32 Å². The molecule has 0 fully saturated rings. The molecule has 5 nitrogen and oxygen atoms in total. The third-order valence-electron chi connectivity index (χ3n) is 4.03. The highest BCUT2D eigenvalue weighted by Crippen LogP contribution is 2.30. The van der Waals surface area contributed by atoms with Crippen LogP contribution in [0.2, 0.25) is 5.02 Å². The first-order valence-corrected chi connectivity index (χ1v) is 7.50. The number of fused-ring (bicyclic) bond motifs is 2. The van der Waals surface area contributed by atoms with E-state index in [1.165, 1.54) is 15.8 Å². The molecule has 3 aromatic rings. The zero-order chi connectivity index (χ0) is 15.1. The van der Waals surface area contributed by atoms with Crippen molar-refractivity contribution < 1.29 is 4.79 Å². The topological polar surface area (TPSA) is 59.8 Å². The van der Waals surface area contributed by atoms with Crippen LogP contribution in [0.15, 0.2) is 42.5 Å². The molecule has 0 saturated heterocycles. The van der Waals surface area contributed by atoms with E-state index >= 15 is 0 Å². The number of halogens is 1. The van der Waals surface area contributed by atoms with Crippen LogP contribution in [0.5, 0.6) is 0 Å². The Balaban J connectivity index is 1.62. The summed E-state index contributed by atoms with van der Waals surface area (Å²) in [5, 5.41) is 11.5. The molecule has 1 aromatic heterocycles. The molecule has 0 aliphatic heterocycles. The standard InChI is InChI=1S/C16H13ClN4O/c17-11-6-8-15-14(9-11)19-20-21(15)16(22)18-13-7-5-10-3-1-2-4-12(10)13/h1-4,6,8-9,13H,5,7H2,(H,18,22)/t13-/m1/s1. The van der Waals surface area contributed by atoms with Crippen LogP contribution in [-0.4, -0.2) is 21.0 Å². The highest BCUT2D eigenvalue weighted by atomic mass is 35.5. The maximum absolute atomic E-state index is 12.5. The molecule has 0 saturated carbocycles. The minimum Gasteiger partial charge on any atom is -0.329 e. The van der Waals surface area contributed by atoms with Crippen LogP contribution in [0.1, 0.15) is 23.6 Å². The summed E-state index contributed by atoms with van der Waals surface area (Å²) in [6, 6.07) is 13.1. The predicted octanol–water partition coefficient (Wildman–Crippen LogP) is 3.33. The van der Waals surface area contributed by atoms with Gasteiger partial charge in [0.15, 0.2) is 0 Å². The number of benzene rings is 2. The lowest BCUT2D eigenvalue weighted by molar-refractivity contribution is 0.236. The third-order valence-corrected chi connectivity index (χ3v) is 4.27. The number of aromatic nitrogens is 3. The lowest BCUT2D eigenvalue weighted by atomic mass is 10.1. The molecule has 1 atom stereocenters. The largest absolute Gasteiger partial charge is 0.344 e. The molecule has 0 unspecified atom stereocenters. The van der Waals surface area contributed by atoms with Crippen molar-refractivity contribution in [1.82, 2.24) is 20.3 Å². The molecule has 2 aromatic carbocycles. The Morgan fingerprint density at radius 2 is 2.14 bits per heavy atom. The minimum absolute atomic E-state index is 0.0234. The Kier molecular flexibility index (Phi) is 3.08. The molecule has 1 aliphatic rings. The summed E-state index contributed by atoms with van der Waals surface area (Å²) in [5.74, 6) is 0. The summed E-state index contributed by atoms with van der Waals surface area (Å²) < 4.78 is 1.28. The van der Waals surface area contributed by atoms with E-state index in [1.807, 2.05) is 12.1 Å². The molecular formula is C16H13ClN4O. The molecule has 0 spiro atoms. The maximum atomic E-state index is 12.5. The van der Waals surface area contributed by atoms with Gasteiger partial charge < -0.3 is 5.32 Å². The van der Waals surface area contributed by atoms with Gasteiger partial charge in [-0.2, -0.15) is 4.68 Å². The fraction of sp³-hybridized carbons (Fsp3) is 0.188. The molecular weight excluding hydrogens is 300 g/mol. The zero-order valence-electron chi connectivity index (χ0n) is 11.7. The van der Waals surface area contributed by atoms with E-state index in [4.69, 9.17) is 11.6 Å². The van der Waals surface area contributed by atoms with E-state index < -0.39 is 0 Å². The lowest BCUT2D eigenvalue weighted by Crippen LogP contribution is -2.32. The normalized spacial score (nSPS) is 16.7. The van der Waals surface area contributed by atoms with Gasteiger partial charge in [0.2, 0.25) is 0 Å². The second kappa shape index (κ2) is 5.10. The van der Waals surface area contributed by atoms with Crippen LogP contribution in [0.4, 0.5) is 4.79 Å². The van der Waals surface area contributed by atoms with E-state index in [2.05, 4.69) is 27.8 Å². The summed E-state index contributed by atoms with van der Waals surface area (Å²) in [4.78, 5) is 12.5. The van der Waals surface area contributed by atoms with Gasteiger partial charge in [-0.1, -0.05) is 41.1 Å². The van der Waals surface area contributed by atoms with Crippen molar-refractivity contribution in [2.75, 3.05) is 0 Å². The molecule has 6 heteroatoms. The minimum atomic E-state index is -0.272. The van der Waals surface area contributed by atoms with Gasteiger partial charge >= 0.3 is 6.03 Å². The van der Waals surface area contributed by atoms with Crippen LogP contribution in [0, 0.1) is 0 Å². The van der Waals surface area contributed by atoms with Gasteiger partial charge in [0.1, 0.15) is 5.52 Å². The molecule has 1 N–H and O–H groups in total. The molecule has 0 bridgehead atoms. The van der Waals surface area contributed by atoms with Crippen molar-refractivity contribution in [3.8, 4) is 0 Å². The monoisotopic (exact) mass is 312 g/mol. The van der Waals surface area contributed by atoms with Crippen molar-refractivity contribution in [2.24, 2.45) is 0 Å². The number of carbonyl (C=O) groups is 1. The number of hydrogen-bond acceptors (Lipinski definition) is 3. The smallest absolute Gasteiger partial charge is 0.329 e. The van der Waals surface area contributed by atoms with Gasteiger partial charge in [0.05, 0.1) is 11.6 Å². The number of aryl methyl sites for hydroxylation is 1. The molecule has 1 amide bonds. The fourth-order valence-electron chi connectivity index (χ4n) is 2.96. The van der Waals surface area contributed by atoms with Gasteiger partial charge in [-0.3, -0.25) is 0 Å². The molecule has 22 heavy (non-hydrogen) atoms. The average molecular weight is 313 g/mol. The van der Waals surface area contributed by atoms with Crippen LogP contribution >= 0.6 is 11.6 Å². The molecule has 4 rings (SSSR count). The Morgan fingerprint density at radius 1 is 1.27 bits per heavy atom. The molecule has 110 valence electrons. The first kappa shape index (κ1) is 13.3. The van der Waals surface area contributed by atoms with Crippen LogP contribution in [0.25, 0.3) is 11.0 Å². The fourth-order valence-corrected chi connectivity index (χ4v) is 3.13. The van der Waals surface area contributed by atoms with Crippen LogP contribution in [-0.2, 0) is 6.42 Å². The number of hydrogen-bond donors (Lipinski definition) is 1. The third kappa shape index (κ3) is 2.14. The summed E-state index contributed by atoms with van der Waals surface area (Å²) in [7, 11) is 0. The van der Waals surface area contributed by atoms with E-state index in [0.717, 1.165) is 12.8 Å². The van der Waals surface area contributed by atoms with E-state index in [9.17, 15) is 4.79 Å². The SMILES string of the molecule is O=C(N[C@@H]1CCc2ccccc21)n1nnc2cc(Cl)ccc21. The highest BCUT2D eigenvalue weighted by molar-refractivity contribution is 6.31. The zero-order valence-corrected chi connectivity index (χ0v) is 12.4. The van der Waals surface area contributed by atoms with Gasteiger partial charge in [0, 0.05) is 5.02 Å². The Hall–Kier alpha value is -2.40. The first-order valence-electron chi connectivity index (χ1n) is 7.12. The maximum Gasteiger partial charge on any atom is 0.344 e. The van der Waals surface area contributed by atoms with E-state index in [-0.39, 0.29) is 12.1 Å². The number of nitrogens with zero attached hydrogens (tertiary/aromatic N) is 3. The summed E-state index contributed by atoms with van der Waals surface area (Å²) >= 11 is 5.92. The molecule has 0 radical (unpaired) electrons. The number of amides is 1. The predicted molar refractivity (Wildman–Crippen MR) is 84.0 cm³/mol. The summed E-state index contributed by atoms with van der Waals surface area (Å²) in [5.41, 5.74) is 3.73. The Morgan fingerprint density at radius 3 is 3.05 bits per heavy atom. The van der Waals surface area contributed by atoms with Crippen LogP contribution in [0.3, 0.4) is 0 Å². The van der Waals surface area contributed by atoms with Crippen molar-refractivity contribution >= 4 is 28.7 Å². The van der Waals surface area contributed by atoms with E-state index in [0.29, 0.717) is 16.1 Å². The number of nitrogens with one attached hydrogen (secondary N) is 1. The van der Waals surface area contributed by atoms with Gasteiger partial charge in [0.25, 0.3) is 0 Å². The first-order chi connectivity index (χ1) is 10.7. The Bertz CT molecular complexity index is 873. The van der Waals surface area contributed by atoms with Gasteiger partial charge in [-0.25, -0.2) is 4.79 Å². The second-order valence-corrected chi connectivity index (χ2v) is 5.81. The quantitative estimate of drug-likeness (QED) is 0.749. The molecule has 1 heterocycles. The number of carbonyl (C=O) groups excluding carboxylic acids is 1. The van der Waals surface area contributed by atoms with Crippen molar-refractivity contribution in [1.29, 1.82) is 0 Å². The van der Waals surface area contributed by atoms with Crippen molar-refractivity contribution in [2.45, 2.75) is 18.9 Å². The summed E-state index contributed by atoms with van der Waals surface area (Å²) in [6.07, 6.45) is 1.89. The van der Waals surface area contributed by atoms with Gasteiger partial charge in [-0.15, -0.1) is 5.10 Å². The van der Waals surface area contributed by atoms with Gasteiger partial charge in [-0.05, 0) is 42.2 Å². The van der Waals surface area contributed by atoms with Crippen molar-refractivity contribution in [3.05, 3.63) is 58.6 Å². The number of rotatable bonds is 1. The highest BCUT2D eigenvalue weighted by Gasteiger charge is 2.24. The second-order valence-electron chi connectivity index (χ2n) is 5.37. The van der Waals surface area contributed by atoms with Crippen molar-refractivity contribution in [3.63, 3.8) is 0 Å². The Labute approximate surface area is 131 Å². The average Bonchev–Trinajstić information content (AvgIpc) is 3.11. The van der Waals surface area contributed by atoms with E-state index in [1.54, 1.807) is 18.2 Å². The molecule has 1 aliphatic carbocycles. The summed E-state index contributed by atoms with van der Waals surface area (Å²) in [6.45, 7) is 0.